The largest absolute Gasteiger partial charge is 0.497 e. The molecule has 1 aliphatic rings. The minimum Gasteiger partial charge on any atom is -0.497 e. The molecule has 128 valence electrons. The molecule has 0 fully saturated rings. The number of anilines is 1. The first-order valence-electron chi connectivity index (χ1n) is 8.28. The zero-order valence-corrected chi connectivity index (χ0v) is 15.2. The Morgan fingerprint density at radius 2 is 2.16 bits per heavy atom. The van der Waals surface area contributed by atoms with Gasteiger partial charge in [-0.25, -0.2) is 0 Å². The predicted octanol–water partition coefficient (Wildman–Crippen LogP) is 4.41. The first-order valence-corrected chi connectivity index (χ1v) is 9.10. The van der Waals surface area contributed by atoms with Crippen molar-refractivity contribution in [3.63, 3.8) is 0 Å². The van der Waals surface area contributed by atoms with E-state index in [4.69, 9.17) is 4.74 Å². The van der Waals surface area contributed by atoms with Crippen LogP contribution in [0.1, 0.15) is 34.9 Å². The van der Waals surface area contributed by atoms with E-state index in [0.29, 0.717) is 16.5 Å². The fraction of sp³-hybridized carbons (Fsp3) is 0.300. The number of fused-ring (bicyclic) bond motifs is 1. The molecule has 0 bridgehead atoms. The topological polar surface area (TPSA) is 62.1 Å². The highest BCUT2D eigenvalue weighted by Gasteiger charge is 2.24. The second-order valence-corrected chi connectivity index (χ2v) is 7.37. The van der Waals surface area contributed by atoms with E-state index in [-0.39, 0.29) is 5.91 Å². The summed E-state index contributed by atoms with van der Waals surface area (Å²) in [6.07, 6.45) is 6.25. The van der Waals surface area contributed by atoms with E-state index in [9.17, 15) is 10.1 Å². The number of carbonyl (C=O) groups is 1. The number of nitriles is 1. The van der Waals surface area contributed by atoms with Crippen molar-refractivity contribution in [2.75, 3.05) is 12.4 Å². The minimum absolute atomic E-state index is 0.223. The Morgan fingerprint density at radius 1 is 1.40 bits per heavy atom. The van der Waals surface area contributed by atoms with Gasteiger partial charge in [-0.1, -0.05) is 19.1 Å². The summed E-state index contributed by atoms with van der Waals surface area (Å²) < 4.78 is 5.11. The van der Waals surface area contributed by atoms with E-state index in [1.165, 1.54) is 11.0 Å². The van der Waals surface area contributed by atoms with E-state index in [2.05, 4.69) is 18.3 Å². The van der Waals surface area contributed by atoms with Crippen LogP contribution in [0, 0.1) is 17.2 Å². The van der Waals surface area contributed by atoms with Gasteiger partial charge in [0, 0.05) is 11.0 Å². The van der Waals surface area contributed by atoms with Crippen molar-refractivity contribution in [2.24, 2.45) is 5.92 Å². The molecule has 1 aromatic carbocycles. The molecule has 0 radical (unpaired) electrons. The van der Waals surface area contributed by atoms with Crippen LogP contribution in [-0.2, 0) is 17.6 Å². The smallest absolute Gasteiger partial charge is 0.249 e. The number of methoxy groups -OCH3 is 1. The van der Waals surface area contributed by atoms with Gasteiger partial charge in [0.25, 0.3) is 0 Å². The molecule has 5 heteroatoms. The van der Waals surface area contributed by atoms with E-state index in [0.717, 1.165) is 36.1 Å². The third kappa shape index (κ3) is 3.92. The Hall–Kier alpha value is -2.58. The van der Waals surface area contributed by atoms with Crippen molar-refractivity contribution < 1.29 is 9.53 Å². The maximum absolute atomic E-state index is 12.2. The lowest BCUT2D eigenvalue weighted by Crippen LogP contribution is -2.10. The molecule has 25 heavy (non-hydrogen) atoms. The van der Waals surface area contributed by atoms with E-state index >= 15 is 0 Å². The van der Waals surface area contributed by atoms with Crippen molar-refractivity contribution in [3.8, 4) is 11.8 Å². The fourth-order valence-corrected chi connectivity index (χ4v) is 4.36. The maximum atomic E-state index is 12.2. The summed E-state index contributed by atoms with van der Waals surface area (Å²) in [7, 11) is 1.62. The monoisotopic (exact) mass is 352 g/mol. The summed E-state index contributed by atoms with van der Waals surface area (Å²) >= 11 is 1.54. The molecule has 1 aliphatic carbocycles. The van der Waals surface area contributed by atoms with Crippen LogP contribution in [0.2, 0.25) is 0 Å². The molecule has 1 heterocycles. The lowest BCUT2D eigenvalue weighted by molar-refractivity contribution is -0.111. The van der Waals surface area contributed by atoms with Gasteiger partial charge in [0.2, 0.25) is 5.91 Å². The summed E-state index contributed by atoms with van der Waals surface area (Å²) in [5.41, 5.74) is 2.67. The van der Waals surface area contributed by atoms with Gasteiger partial charge in [-0.05, 0) is 54.5 Å². The van der Waals surface area contributed by atoms with Gasteiger partial charge in [0.15, 0.2) is 0 Å². The van der Waals surface area contributed by atoms with Crippen molar-refractivity contribution in [2.45, 2.75) is 26.2 Å². The van der Waals surface area contributed by atoms with Gasteiger partial charge in [0.05, 0.1) is 12.7 Å². The van der Waals surface area contributed by atoms with E-state index < -0.39 is 0 Å². The number of nitrogens with one attached hydrogen (secondary N) is 1. The molecule has 1 N–H and O–H groups in total. The first kappa shape index (κ1) is 17.2. The molecule has 2 aromatic rings. The Balaban J connectivity index is 1.72. The normalized spacial score (nSPS) is 16.3. The summed E-state index contributed by atoms with van der Waals surface area (Å²) in [6, 6.07) is 9.73. The molecule has 3 rings (SSSR count). The Labute approximate surface area is 151 Å². The standard InChI is InChI=1S/C20H20N2O2S/c1-13-3-9-16-17(12-21)20(25-18(16)11-13)22-19(23)10-6-14-4-7-15(24-2)8-5-14/h4-8,10,13H,3,9,11H2,1-2H3,(H,22,23)/b10-6+. The van der Waals surface area contributed by atoms with Gasteiger partial charge < -0.3 is 10.1 Å². The van der Waals surface area contributed by atoms with Crippen LogP contribution < -0.4 is 10.1 Å². The number of thiophene rings is 1. The Morgan fingerprint density at radius 3 is 2.84 bits per heavy atom. The number of nitrogens with zero attached hydrogens (tertiary/aromatic N) is 1. The predicted molar refractivity (Wildman–Crippen MR) is 101 cm³/mol. The van der Waals surface area contributed by atoms with Crippen molar-refractivity contribution in [3.05, 3.63) is 51.9 Å². The number of carbonyl (C=O) groups excluding carboxylic acids is 1. The highest BCUT2D eigenvalue weighted by Crippen LogP contribution is 2.39. The molecule has 4 nitrogen and oxygen atoms in total. The summed E-state index contributed by atoms with van der Waals surface area (Å²) in [4.78, 5) is 13.5. The molecular formula is C20H20N2O2S. The maximum Gasteiger partial charge on any atom is 0.249 e. The van der Waals surface area contributed by atoms with Crippen LogP contribution in [0.5, 0.6) is 5.75 Å². The van der Waals surface area contributed by atoms with Crippen LogP contribution in [-0.4, -0.2) is 13.0 Å². The average Bonchev–Trinajstić information content (AvgIpc) is 2.96. The minimum atomic E-state index is -0.223. The molecule has 0 saturated heterocycles. The fourth-order valence-electron chi connectivity index (χ4n) is 3.00. The molecule has 1 aromatic heterocycles. The summed E-state index contributed by atoms with van der Waals surface area (Å²) in [5, 5.41) is 13.0. The van der Waals surface area contributed by atoms with Gasteiger partial charge >= 0.3 is 0 Å². The van der Waals surface area contributed by atoms with Crippen molar-refractivity contribution in [1.82, 2.24) is 0 Å². The van der Waals surface area contributed by atoms with Gasteiger partial charge in [-0.2, -0.15) is 5.26 Å². The second kappa shape index (κ2) is 7.54. The first-order chi connectivity index (χ1) is 12.1. The molecule has 1 amide bonds. The van der Waals surface area contributed by atoms with Crippen LogP contribution >= 0.6 is 11.3 Å². The molecule has 0 aliphatic heterocycles. The lowest BCUT2D eigenvalue weighted by atomic mass is 9.89. The van der Waals surface area contributed by atoms with Gasteiger partial charge in [-0.15, -0.1) is 11.3 Å². The number of ether oxygens (including phenoxy) is 1. The molecule has 1 atom stereocenters. The quantitative estimate of drug-likeness (QED) is 0.829. The van der Waals surface area contributed by atoms with E-state index in [1.807, 2.05) is 24.3 Å². The molecule has 1 unspecified atom stereocenters. The van der Waals surface area contributed by atoms with Crippen molar-refractivity contribution in [1.29, 1.82) is 5.26 Å². The summed E-state index contributed by atoms with van der Waals surface area (Å²) in [5.74, 6) is 1.19. The number of hydrogen-bond donors (Lipinski definition) is 1. The lowest BCUT2D eigenvalue weighted by Gasteiger charge is -2.17. The number of amides is 1. The van der Waals surface area contributed by atoms with Gasteiger partial charge in [-0.3, -0.25) is 4.79 Å². The van der Waals surface area contributed by atoms with Crippen LogP contribution in [0.15, 0.2) is 30.3 Å². The third-order valence-corrected chi connectivity index (χ3v) is 5.57. The third-order valence-electron chi connectivity index (χ3n) is 4.40. The molecular weight excluding hydrogens is 332 g/mol. The van der Waals surface area contributed by atoms with Crippen LogP contribution in [0.25, 0.3) is 6.08 Å². The number of benzene rings is 1. The summed E-state index contributed by atoms with van der Waals surface area (Å²) in [6.45, 7) is 2.23. The Kier molecular flexibility index (Phi) is 5.20. The zero-order valence-electron chi connectivity index (χ0n) is 14.3. The van der Waals surface area contributed by atoms with Crippen molar-refractivity contribution >= 4 is 28.3 Å². The highest BCUT2D eigenvalue weighted by atomic mass is 32.1. The average molecular weight is 352 g/mol. The van der Waals surface area contributed by atoms with Crippen LogP contribution in [0.3, 0.4) is 0 Å². The number of rotatable bonds is 4. The molecule has 0 spiro atoms. The van der Waals surface area contributed by atoms with Gasteiger partial charge in [0.1, 0.15) is 16.8 Å². The Bertz CT molecular complexity index is 844. The number of hydrogen-bond acceptors (Lipinski definition) is 4. The second-order valence-electron chi connectivity index (χ2n) is 6.26. The van der Waals surface area contributed by atoms with E-state index in [1.54, 1.807) is 24.5 Å². The SMILES string of the molecule is COc1ccc(/C=C/C(=O)Nc2sc3c(c2C#N)CCC(C)C3)cc1. The highest BCUT2D eigenvalue weighted by molar-refractivity contribution is 7.16. The van der Waals surface area contributed by atoms with Crippen LogP contribution in [0.4, 0.5) is 5.00 Å². The molecule has 0 saturated carbocycles. The zero-order chi connectivity index (χ0) is 17.8.